The number of aromatic nitrogens is 7. The van der Waals surface area contributed by atoms with Crippen LogP contribution in [-0.2, 0) is 24.9 Å². The van der Waals surface area contributed by atoms with Gasteiger partial charge in [-0.1, -0.05) is 0 Å². The lowest BCUT2D eigenvalue weighted by Gasteiger charge is -2.31. The molecule has 12 nitrogen and oxygen atoms in total. The third kappa shape index (κ3) is 4.98. The minimum atomic E-state index is -0.229. The van der Waals surface area contributed by atoms with Crippen LogP contribution in [-0.4, -0.2) is 83.5 Å². The summed E-state index contributed by atoms with van der Waals surface area (Å²) < 4.78 is 23.7. The van der Waals surface area contributed by atoms with Crippen molar-refractivity contribution >= 4 is 17.7 Å². The minimum Gasteiger partial charge on any atom is -0.476 e. The Balaban J connectivity index is 1.74. The van der Waals surface area contributed by atoms with Crippen LogP contribution in [0.4, 0.5) is 0 Å². The standard InChI is InChI=1S/C28H38N8O4/c1-8-39-27-21-9-10-25-30-12-20-11-29-22(13-35(20)25)26-23(16-38-7)31-34(6)28(26)40-19(4)18(3)33(5)14-24(21)36(32-27)17(2)15-37/h9-13,17-19,37H,8,14-16H2,1-7H3/b10-9+/t17-,18+,19-/m0/s1. The first-order chi connectivity index (χ1) is 19.3. The molecular formula is C28H38N8O4. The molecule has 5 heterocycles. The van der Waals surface area contributed by atoms with Crippen molar-refractivity contribution in [1.29, 1.82) is 0 Å². The fourth-order valence-electron chi connectivity index (χ4n) is 5.00. The molecule has 0 aromatic carbocycles. The monoisotopic (exact) mass is 550 g/mol. The molecule has 0 fully saturated rings. The summed E-state index contributed by atoms with van der Waals surface area (Å²) in [6.07, 6.45) is 9.28. The summed E-state index contributed by atoms with van der Waals surface area (Å²) >= 11 is 0. The smallest absolute Gasteiger partial charge is 0.240 e. The van der Waals surface area contributed by atoms with Crippen molar-refractivity contribution in [2.45, 2.75) is 59.0 Å². The molecule has 3 atom stereocenters. The average molecular weight is 551 g/mol. The highest BCUT2D eigenvalue weighted by Gasteiger charge is 2.29. The number of imidazole rings is 1. The van der Waals surface area contributed by atoms with Gasteiger partial charge in [0.25, 0.3) is 0 Å². The summed E-state index contributed by atoms with van der Waals surface area (Å²) in [5.74, 6) is 1.87. The molecule has 5 rings (SSSR count). The van der Waals surface area contributed by atoms with E-state index in [1.165, 1.54) is 0 Å². The zero-order chi connectivity index (χ0) is 28.6. The molecule has 214 valence electrons. The van der Waals surface area contributed by atoms with Gasteiger partial charge >= 0.3 is 0 Å². The molecule has 0 radical (unpaired) electrons. The van der Waals surface area contributed by atoms with Gasteiger partial charge in [-0.2, -0.15) is 5.10 Å². The molecule has 0 saturated carbocycles. The number of methoxy groups -OCH3 is 1. The van der Waals surface area contributed by atoms with Gasteiger partial charge in [0.05, 0.1) is 66.3 Å². The van der Waals surface area contributed by atoms with Crippen molar-refractivity contribution in [1.82, 2.24) is 38.8 Å². The van der Waals surface area contributed by atoms with Crippen LogP contribution < -0.4 is 9.47 Å². The van der Waals surface area contributed by atoms with Gasteiger partial charge in [0, 0.05) is 32.9 Å². The van der Waals surface area contributed by atoms with Crippen LogP contribution >= 0.6 is 0 Å². The number of hydrogen-bond acceptors (Lipinski definition) is 9. The lowest BCUT2D eigenvalue weighted by molar-refractivity contribution is 0.0914. The third-order valence-electron chi connectivity index (χ3n) is 7.50. The van der Waals surface area contributed by atoms with Crippen LogP contribution in [0.2, 0.25) is 0 Å². The molecule has 1 N–H and O–H groups in total. The Bertz CT molecular complexity index is 1520. The van der Waals surface area contributed by atoms with Gasteiger partial charge in [0.15, 0.2) is 0 Å². The predicted octanol–water partition coefficient (Wildman–Crippen LogP) is 3.20. The topological polar surface area (TPSA) is 117 Å². The van der Waals surface area contributed by atoms with E-state index in [1.807, 2.05) is 48.3 Å². The summed E-state index contributed by atoms with van der Waals surface area (Å²) in [6, 6.07) is -0.224. The normalized spacial score (nSPS) is 19.5. The number of aliphatic hydroxyl groups is 1. The first-order valence-corrected chi connectivity index (χ1v) is 13.6. The highest BCUT2D eigenvalue weighted by Crippen LogP contribution is 2.35. The van der Waals surface area contributed by atoms with E-state index >= 15 is 0 Å². The molecule has 1 aliphatic rings. The molecule has 1 aliphatic heterocycles. The molecule has 4 aromatic heterocycles. The number of hydrogen-bond donors (Lipinski definition) is 1. The number of rotatable bonds is 6. The molecular weight excluding hydrogens is 512 g/mol. The van der Waals surface area contributed by atoms with Crippen LogP contribution in [0.1, 0.15) is 56.5 Å². The van der Waals surface area contributed by atoms with Crippen LogP contribution in [0.5, 0.6) is 11.8 Å². The van der Waals surface area contributed by atoms with Gasteiger partial charge in [0.2, 0.25) is 11.8 Å². The largest absolute Gasteiger partial charge is 0.476 e. The van der Waals surface area contributed by atoms with Gasteiger partial charge < -0.3 is 19.3 Å². The van der Waals surface area contributed by atoms with Gasteiger partial charge in [-0.05, 0) is 46.9 Å². The number of ether oxygens (including phenoxy) is 3. The molecule has 40 heavy (non-hydrogen) atoms. The molecule has 0 spiro atoms. The fourth-order valence-corrected chi connectivity index (χ4v) is 5.00. The molecule has 0 saturated heterocycles. The van der Waals surface area contributed by atoms with Crippen molar-refractivity contribution < 1.29 is 19.3 Å². The molecule has 12 heteroatoms. The zero-order valence-corrected chi connectivity index (χ0v) is 24.2. The minimum absolute atomic E-state index is 0.00443. The third-order valence-corrected chi connectivity index (χ3v) is 7.50. The second-order valence-corrected chi connectivity index (χ2v) is 10.3. The van der Waals surface area contributed by atoms with Crippen molar-refractivity contribution in [3.05, 3.63) is 41.4 Å². The Morgan fingerprint density at radius 2 is 1.93 bits per heavy atom. The summed E-state index contributed by atoms with van der Waals surface area (Å²) in [5, 5.41) is 19.5. The number of likely N-dealkylation sites (N-methyl/N-ethyl adjacent to an activating group) is 1. The van der Waals surface area contributed by atoms with Crippen molar-refractivity contribution in [3.63, 3.8) is 0 Å². The van der Waals surface area contributed by atoms with E-state index in [0.29, 0.717) is 37.2 Å². The Morgan fingerprint density at radius 1 is 1.15 bits per heavy atom. The Morgan fingerprint density at radius 3 is 2.65 bits per heavy atom. The summed E-state index contributed by atoms with van der Waals surface area (Å²) in [5.41, 5.74) is 4.88. The quantitative estimate of drug-likeness (QED) is 0.386. The van der Waals surface area contributed by atoms with Crippen LogP contribution in [0, 0.1) is 0 Å². The molecule has 4 aromatic rings. The van der Waals surface area contributed by atoms with E-state index in [4.69, 9.17) is 29.4 Å². The maximum atomic E-state index is 10.0. The number of fused-ring (bicyclic) bond motifs is 4. The Hall–Kier alpha value is -3.74. The van der Waals surface area contributed by atoms with E-state index in [1.54, 1.807) is 24.2 Å². The second kappa shape index (κ2) is 11.4. The highest BCUT2D eigenvalue weighted by atomic mass is 16.5. The lowest BCUT2D eigenvalue weighted by atomic mass is 10.1. The number of aliphatic hydroxyl groups excluding tert-OH is 1. The Kier molecular flexibility index (Phi) is 7.92. The maximum absolute atomic E-state index is 10.0. The predicted molar refractivity (Wildman–Crippen MR) is 151 cm³/mol. The number of nitrogens with zero attached hydrogens (tertiary/aromatic N) is 8. The SMILES string of the molecule is CCOc1nn([C@@H](C)CO)c2c1/C=C/c1ncc3cnc(cn13)-c1c(COC)nn(C)c1O[C@@H](C)[C@@H](C)N(C)C2. The van der Waals surface area contributed by atoms with Crippen LogP contribution in [0.25, 0.3) is 28.9 Å². The molecule has 0 unspecified atom stereocenters. The zero-order valence-electron chi connectivity index (χ0n) is 24.2. The molecule has 0 aliphatic carbocycles. The van der Waals surface area contributed by atoms with Gasteiger partial charge in [0.1, 0.15) is 17.6 Å². The van der Waals surface area contributed by atoms with E-state index in [0.717, 1.165) is 33.9 Å². The van der Waals surface area contributed by atoms with Crippen LogP contribution in [0.3, 0.4) is 0 Å². The Labute approximate surface area is 233 Å². The lowest BCUT2D eigenvalue weighted by Crippen LogP contribution is -2.41. The first kappa shape index (κ1) is 27.8. The van der Waals surface area contributed by atoms with Crippen molar-refractivity contribution in [2.24, 2.45) is 7.05 Å². The van der Waals surface area contributed by atoms with Gasteiger partial charge in [-0.15, -0.1) is 5.10 Å². The summed E-state index contributed by atoms with van der Waals surface area (Å²) in [4.78, 5) is 11.6. The van der Waals surface area contributed by atoms with E-state index in [2.05, 4.69) is 30.8 Å². The molecule has 2 bridgehead atoms. The highest BCUT2D eigenvalue weighted by molar-refractivity contribution is 5.74. The van der Waals surface area contributed by atoms with Crippen molar-refractivity contribution in [3.8, 4) is 23.0 Å². The van der Waals surface area contributed by atoms with E-state index in [9.17, 15) is 5.11 Å². The van der Waals surface area contributed by atoms with E-state index in [-0.39, 0.29) is 24.8 Å². The van der Waals surface area contributed by atoms with Gasteiger partial charge in [-0.25, -0.2) is 9.67 Å². The average Bonchev–Trinajstić information content (AvgIpc) is 3.59. The fraction of sp³-hybridized carbons (Fsp3) is 0.500. The first-order valence-electron chi connectivity index (χ1n) is 13.6. The van der Waals surface area contributed by atoms with Crippen LogP contribution in [0.15, 0.2) is 18.6 Å². The van der Waals surface area contributed by atoms with E-state index < -0.39 is 0 Å². The molecule has 0 amide bonds. The summed E-state index contributed by atoms with van der Waals surface area (Å²) in [7, 11) is 5.57. The van der Waals surface area contributed by atoms with Crippen molar-refractivity contribution in [2.75, 3.05) is 27.4 Å². The number of aryl methyl sites for hydroxylation is 1. The maximum Gasteiger partial charge on any atom is 0.240 e. The van der Waals surface area contributed by atoms with Gasteiger partial charge in [-0.3, -0.25) is 19.0 Å². The second-order valence-electron chi connectivity index (χ2n) is 10.3. The summed E-state index contributed by atoms with van der Waals surface area (Å²) in [6.45, 7) is 9.36.